The van der Waals surface area contributed by atoms with E-state index in [2.05, 4.69) is 82.7 Å². The molecule has 0 saturated carbocycles. The number of methoxy groups -OCH3 is 1. The summed E-state index contributed by atoms with van der Waals surface area (Å²) in [6, 6.07) is 8.60. The molecule has 3 aromatic heterocycles. The average Bonchev–Trinajstić information content (AvgIpc) is 3.60. The molecule has 2 aliphatic rings. The fraction of sp³-hybridized carbons (Fsp3) is 0.324. The number of ether oxygens (including phenoxy) is 1. The van der Waals surface area contributed by atoms with Crippen LogP contribution in [0.15, 0.2) is 30.3 Å². The molecule has 206 valence electrons. The zero-order valence-corrected chi connectivity index (χ0v) is 24.8. The van der Waals surface area contributed by atoms with Gasteiger partial charge in [0.1, 0.15) is 0 Å². The second-order valence-corrected chi connectivity index (χ2v) is 10.5. The lowest BCUT2D eigenvalue weighted by molar-refractivity contribution is -0.134. The third-order valence-corrected chi connectivity index (χ3v) is 8.36. The number of nitrogens with zero attached hydrogens (tertiary/aromatic N) is 2. The van der Waals surface area contributed by atoms with Crippen molar-refractivity contribution in [2.75, 3.05) is 7.11 Å². The molecule has 0 fully saturated rings. The van der Waals surface area contributed by atoms with Crippen molar-refractivity contribution in [2.24, 2.45) is 0 Å². The number of nitrogens with one attached hydrogen (secondary N) is 2. The molecule has 0 unspecified atom stereocenters. The van der Waals surface area contributed by atoms with Crippen LogP contribution in [-0.4, -0.2) is 33.0 Å². The van der Waals surface area contributed by atoms with Gasteiger partial charge in [0.15, 0.2) is 0 Å². The van der Waals surface area contributed by atoms with Gasteiger partial charge in [-0.05, 0) is 116 Å². The van der Waals surface area contributed by atoms with Crippen LogP contribution in [-0.2, 0) is 16.0 Å². The highest BCUT2D eigenvalue weighted by molar-refractivity contribution is 5.96. The fourth-order valence-electron chi connectivity index (χ4n) is 5.96. The van der Waals surface area contributed by atoms with Gasteiger partial charge in [0, 0.05) is 33.7 Å². The molecule has 0 amide bonds. The molecule has 6 heteroatoms. The molecule has 0 spiro atoms. The average molecular weight is 535 g/mol. The summed E-state index contributed by atoms with van der Waals surface area (Å²) in [6.45, 7) is 15.1. The Kier molecular flexibility index (Phi) is 7.37. The van der Waals surface area contributed by atoms with Crippen LogP contribution in [0.4, 0.5) is 0 Å². The van der Waals surface area contributed by atoms with Crippen LogP contribution in [0.5, 0.6) is 0 Å². The van der Waals surface area contributed by atoms with Crippen LogP contribution >= 0.6 is 0 Å². The Morgan fingerprint density at radius 3 is 1.88 bits per heavy atom. The van der Waals surface area contributed by atoms with E-state index in [9.17, 15) is 4.79 Å². The van der Waals surface area contributed by atoms with Crippen LogP contribution in [0.2, 0.25) is 0 Å². The van der Waals surface area contributed by atoms with Crippen molar-refractivity contribution in [3.8, 4) is 0 Å². The largest absolute Gasteiger partial charge is 0.466 e. The lowest BCUT2D eigenvalue weighted by Gasteiger charge is -2.01. The van der Waals surface area contributed by atoms with Gasteiger partial charge in [-0.3, -0.25) is 0 Å². The molecule has 40 heavy (non-hydrogen) atoms. The molecule has 8 bridgehead atoms. The van der Waals surface area contributed by atoms with Gasteiger partial charge in [0.05, 0.1) is 29.9 Å². The molecule has 6 nitrogen and oxygen atoms in total. The number of aryl methyl sites for hydroxylation is 3. The lowest BCUT2D eigenvalue weighted by atomic mass is 10.0. The maximum atomic E-state index is 12.0. The van der Waals surface area contributed by atoms with Crippen LogP contribution in [0, 0.1) is 13.8 Å². The Balaban J connectivity index is 1.97. The summed E-state index contributed by atoms with van der Waals surface area (Å²) < 4.78 is 4.87. The van der Waals surface area contributed by atoms with Gasteiger partial charge in [0.2, 0.25) is 0 Å². The first kappa shape index (κ1) is 27.4. The first-order valence-corrected chi connectivity index (χ1v) is 14.1. The number of allylic oxidation sites excluding steroid dienone is 4. The van der Waals surface area contributed by atoms with E-state index in [0.717, 1.165) is 75.2 Å². The third-order valence-electron chi connectivity index (χ3n) is 8.36. The number of hydrogen-bond acceptors (Lipinski definition) is 4. The fourth-order valence-corrected chi connectivity index (χ4v) is 5.96. The van der Waals surface area contributed by atoms with E-state index in [1.54, 1.807) is 0 Å². The quantitative estimate of drug-likeness (QED) is 0.254. The summed E-state index contributed by atoms with van der Waals surface area (Å²) >= 11 is 0. The topological polar surface area (TPSA) is 83.7 Å². The molecule has 0 saturated heterocycles. The van der Waals surface area contributed by atoms with Crippen molar-refractivity contribution < 1.29 is 9.53 Å². The Morgan fingerprint density at radius 2 is 1.27 bits per heavy atom. The summed E-state index contributed by atoms with van der Waals surface area (Å²) in [6.07, 6.45) is 5.98. The predicted molar refractivity (Wildman–Crippen MR) is 166 cm³/mol. The molecule has 3 aromatic rings. The zero-order valence-electron chi connectivity index (χ0n) is 24.8. The van der Waals surface area contributed by atoms with Gasteiger partial charge in [0.25, 0.3) is 0 Å². The van der Waals surface area contributed by atoms with Crippen molar-refractivity contribution >= 4 is 56.4 Å². The SMILES string of the molecule is CCC1=C(C)c2cc3[nH]c(cc4[nH]c(cc5nc(cc1n2)C(C)=C5CC)c(C)c4/C=C/C(=O)OC)c(CC)c3C. The Bertz CT molecular complexity index is 1790. The molecule has 0 atom stereocenters. The van der Waals surface area contributed by atoms with Crippen molar-refractivity contribution in [3.05, 3.63) is 75.4 Å². The van der Waals surface area contributed by atoms with Crippen LogP contribution in [0.3, 0.4) is 0 Å². The maximum absolute atomic E-state index is 12.0. The van der Waals surface area contributed by atoms with E-state index in [4.69, 9.17) is 14.7 Å². The minimum absolute atomic E-state index is 0.387. The lowest BCUT2D eigenvalue weighted by Crippen LogP contribution is -1.93. The van der Waals surface area contributed by atoms with Crippen molar-refractivity contribution in [1.82, 2.24) is 19.9 Å². The number of hydrogen-bond donors (Lipinski definition) is 2. The van der Waals surface area contributed by atoms with Gasteiger partial charge in [-0.1, -0.05) is 20.8 Å². The van der Waals surface area contributed by atoms with Gasteiger partial charge >= 0.3 is 5.97 Å². The first-order valence-electron chi connectivity index (χ1n) is 14.1. The van der Waals surface area contributed by atoms with E-state index >= 15 is 0 Å². The number of aromatic amines is 2. The molecule has 0 radical (unpaired) electrons. The van der Waals surface area contributed by atoms with E-state index in [1.807, 2.05) is 6.08 Å². The number of carbonyl (C=O) groups is 1. The van der Waals surface area contributed by atoms with Crippen LogP contribution < -0.4 is 0 Å². The number of aromatic nitrogens is 4. The van der Waals surface area contributed by atoms with E-state index in [0.29, 0.717) is 0 Å². The molecule has 2 aliphatic heterocycles. The minimum atomic E-state index is -0.387. The van der Waals surface area contributed by atoms with E-state index < -0.39 is 0 Å². The van der Waals surface area contributed by atoms with E-state index in [1.165, 1.54) is 46.6 Å². The smallest absolute Gasteiger partial charge is 0.330 e. The minimum Gasteiger partial charge on any atom is -0.466 e. The zero-order chi connectivity index (χ0) is 28.7. The third kappa shape index (κ3) is 4.61. The summed E-state index contributed by atoms with van der Waals surface area (Å²) in [7, 11) is 1.39. The van der Waals surface area contributed by atoms with Gasteiger partial charge < -0.3 is 14.7 Å². The van der Waals surface area contributed by atoms with E-state index in [-0.39, 0.29) is 5.97 Å². The molecular formula is C34H38N4O2. The number of H-pyrrole nitrogens is 2. The van der Waals surface area contributed by atoms with Crippen molar-refractivity contribution in [1.29, 1.82) is 0 Å². The predicted octanol–water partition coefficient (Wildman–Crippen LogP) is 8.36. The van der Waals surface area contributed by atoms with Crippen molar-refractivity contribution in [2.45, 2.75) is 67.7 Å². The summed E-state index contributed by atoms with van der Waals surface area (Å²) in [5.41, 5.74) is 17.2. The Hall–Kier alpha value is -4.19. The molecular weight excluding hydrogens is 496 g/mol. The molecule has 0 aromatic carbocycles. The van der Waals surface area contributed by atoms with Crippen LogP contribution in [0.25, 0.3) is 50.4 Å². The summed E-state index contributed by atoms with van der Waals surface area (Å²) in [5.74, 6) is -0.387. The number of esters is 1. The molecule has 2 N–H and O–H groups in total. The monoisotopic (exact) mass is 534 g/mol. The van der Waals surface area contributed by atoms with Gasteiger partial charge in [-0.2, -0.15) is 0 Å². The Labute approximate surface area is 235 Å². The first-order chi connectivity index (χ1) is 19.2. The highest BCUT2D eigenvalue weighted by Crippen LogP contribution is 2.37. The highest BCUT2D eigenvalue weighted by atomic mass is 16.5. The number of rotatable bonds is 5. The molecule has 5 heterocycles. The maximum Gasteiger partial charge on any atom is 0.330 e. The molecule has 5 rings (SSSR count). The summed E-state index contributed by atoms with van der Waals surface area (Å²) in [4.78, 5) is 29.5. The van der Waals surface area contributed by atoms with Crippen LogP contribution in [0.1, 0.15) is 92.5 Å². The Morgan fingerprint density at radius 1 is 0.725 bits per heavy atom. The summed E-state index contributed by atoms with van der Waals surface area (Å²) in [5, 5.41) is 0. The van der Waals surface area contributed by atoms with Crippen molar-refractivity contribution in [3.63, 3.8) is 0 Å². The normalized spacial score (nSPS) is 13.6. The van der Waals surface area contributed by atoms with Gasteiger partial charge in [-0.15, -0.1) is 0 Å². The second-order valence-electron chi connectivity index (χ2n) is 10.5. The highest BCUT2D eigenvalue weighted by Gasteiger charge is 2.20. The molecule has 0 aliphatic carbocycles. The van der Waals surface area contributed by atoms with Gasteiger partial charge in [-0.25, -0.2) is 14.8 Å². The second kappa shape index (κ2) is 10.8. The number of carbonyl (C=O) groups excluding carboxylic acids is 1. The standard InChI is InChI=1S/C34H38N4O2/c1-9-22-18(4)26-14-27-19(5)24(11-3)32(36-27)17-33-25(12-13-34(39)40-8)21(7)29(38-33)16-31-23(10-2)20(6)28(37-31)15-30(22)35-26/h12-17,36,38H,9-11H2,1-8H3/b13-12+,26-14?,27-14?,28-15?,29-16?,30-15?,31-16?,32-17?,33-17?. The number of fused-ring (bicyclic) bond motifs is 8.